The zero-order valence-electron chi connectivity index (χ0n) is 6.38. The molecule has 0 aliphatic rings. The molecule has 1 rings (SSSR count). The first-order chi connectivity index (χ1) is 6.32. The summed E-state index contributed by atoms with van der Waals surface area (Å²) in [7, 11) is 0. The summed E-state index contributed by atoms with van der Waals surface area (Å²) in [5, 5.41) is 10.3. The van der Waals surface area contributed by atoms with Gasteiger partial charge in [-0.25, -0.2) is 4.98 Å². The Balaban J connectivity index is 3.27. The third-order valence-corrected chi connectivity index (χ3v) is 1.96. The van der Waals surface area contributed by atoms with Crippen LogP contribution in [0.25, 0.3) is 0 Å². The summed E-state index contributed by atoms with van der Waals surface area (Å²) in [5.41, 5.74) is -1.85. The van der Waals surface area contributed by atoms with Crippen molar-refractivity contribution < 1.29 is 18.1 Å². The van der Waals surface area contributed by atoms with Gasteiger partial charge >= 0.3 is 11.9 Å². The van der Waals surface area contributed by atoms with E-state index in [1.807, 2.05) is 0 Å². The van der Waals surface area contributed by atoms with Crippen molar-refractivity contribution in [2.24, 2.45) is 0 Å². The molecule has 0 fully saturated rings. The minimum atomic E-state index is -4.63. The smallest absolute Gasteiger partial charge is 0.258 e. The highest BCUT2D eigenvalue weighted by Gasteiger charge is 2.33. The van der Waals surface area contributed by atoms with Crippen LogP contribution < -0.4 is 0 Å². The summed E-state index contributed by atoms with van der Waals surface area (Å²) in [5.74, 6) is 0. The average molecular weight is 271 g/mol. The molecule has 1 aromatic heterocycles. The Morgan fingerprint density at radius 2 is 2.07 bits per heavy atom. The monoisotopic (exact) mass is 270 g/mol. The number of nitro groups is 1. The maximum absolute atomic E-state index is 12.1. The van der Waals surface area contributed by atoms with Crippen molar-refractivity contribution in [2.75, 3.05) is 0 Å². The molecule has 14 heavy (non-hydrogen) atoms. The quantitative estimate of drug-likeness (QED) is 0.448. The third kappa shape index (κ3) is 2.19. The molecule has 1 heterocycles. The van der Waals surface area contributed by atoms with Gasteiger partial charge in [-0.3, -0.25) is 10.1 Å². The van der Waals surface area contributed by atoms with E-state index in [9.17, 15) is 23.3 Å². The van der Waals surface area contributed by atoms with Crippen molar-refractivity contribution in [3.05, 3.63) is 32.5 Å². The van der Waals surface area contributed by atoms with E-state index in [-0.39, 0.29) is 4.60 Å². The number of nitrogens with zero attached hydrogens (tertiary/aromatic N) is 2. The fourth-order valence-electron chi connectivity index (χ4n) is 0.720. The van der Waals surface area contributed by atoms with Gasteiger partial charge in [0.15, 0.2) is 4.60 Å². The number of hydrogen-bond donors (Lipinski definition) is 0. The van der Waals surface area contributed by atoms with Crippen LogP contribution in [0.2, 0.25) is 0 Å². The number of aromatic nitrogens is 1. The summed E-state index contributed by atoms with van der Waals surface area (Å²) in [6.07, 6.45) is -4.10. The van der Waals surface area contributed by atoms with Crippen molar-refractivity contribution in [1.29, 1.82) is 0 Å². The molecular weight excluding hydrogens is 269 g/mol. The van der Waals surface area contributed by atoms with Gasteiger partial charge in [-0.1, -0.05) is 0 Å². The summed E-state index contributed by atoms with van der Waals surface area (Å²) in [6, 6.07) is 0.428. The SMILES string of the molecule is O=[N+]([O-])c1cc(C(F)(F)F)cnc1Br. The molecule has 0 atom stereocenters. The topological polar surface area (TPSA) is 56.0 Å². The number of halogens is 4. The van der Waals surface area contributed by atoms with Crippen LogP contribution in [0, 0.1) is 10.1 Å². The summed E-state index contributed by atoms with van der Waals surface area (Å²) in [6.45, 7) is 0. The number of rotatable bonds is 1. The highest BCUT2D eigenvalue weighted by molar-refractivity contribution is 9.10. The van der Waals surface area contributed by atoms with Crippen molar-refractivity contribution in [3.8, 4) is 0 Å². The van der Waals surface area contributed by atoms with Crippen molar-refractivity contribution in [3.63, 3.8) is 0 Å². The lowest BCUT2D eigenvalue weighted by molar-refractivity contribution is -0.386. The lowest BCUT2D eigenvalue weighted by Crippen LogP contribution is -2.06. The van der Waals surface area contributed by atoms with Crippen LogP contribution in [0.3, 0.4) is 0 Å². The van der Waals surface area contributed by atoms with Gasteiger partial charge in [0.2, 0.25) is 0 Å². The normalized spacial score (nSPS) is 11.4. The van der Waals surface area contributed by atoms with Gasteiger partial charge in [0.25, 0.3) is 0 Å². The van der Waals surface area contributed by atoms with E-state index in [0.29, 0.717) is 12.3 Å². The van der Waals surface area contributed by atoms with E-state index in [1.165, 1.54) is 0 Å². The second kappa shape index (κ2) is 3.52. The van der Waals surface area contributed by atoms with E-state index >= 15 is 0 Å². The Kier molecular flexibility index (Phi) is 2.74. The predicted molar refractivity (Wildman–Crippen MR) is 43.6 cm³/mol. The van der Waals surface area contributed by atoms with Crippen LogP contribution in [0.5, 0.6) is 0 Å². The molecule has 1 aromatic rings. The van der Waals surface area contributed by atoms with Crippen molar-refractivity contribution >= 4 is 21.6 Å². The fraction of sp³-hybridized carbons (Fsp3) is 0.167. The summed E-state index contributed by atoms with van der Waals surface area (Å²) >= 11 is 2.68. The van der Waals surface area contributed by atoms with Crippen LogP contribution in [0.4, 0.5) is 18.9 Å². The van der Waals surface area contributed by atoms with Gasteiger partial charge in [-0.2, -0.15) is 13.2 Å². The van der Waals surface area contributed by atoms with Crippen LogP contribution in [-0.4, -0.2) is 9.91 Å². The first kappa shape index (κ1) is 10.9. The lowest BCUT2D eigenvalue weighted by atomic mass is 10.2. The molecule has 4 nitrogen and oxygen atoms in total. The standard InChI is InChI=1S/C6H2BrF3N2O2/c7-5-4(12(13)14)1-3(2-11-5)6(8,9)10/h1-2H. The molecule has 0 bridgehead atoms. The second-order valence-electron chi connectivity index (χ2n) is 2.29. The molecule has 0 saturated heterocycles. The Morgan fingerprint density at radius 1 is 1.50 bits per heavy atom. The van der Waals surface area contributed by atoms with Crippen LogP contribution in [-0.2, 0) is 6.18 Å². The van der Waals surface area contributed by atoms with Crippen LogP contribution in [0.15, 0.2) is 16.9 Å². The van der Waals surface area contributed by atoms with Crippen LogP contribution >= 0.6 is 15.9 Å². The number of pyridine rings is 1. The van der Waals surface area contributed by atoms with Gasteiger partial charge in [0, 0.05) is 12.3 Å². The highest BCUT2D eigenvalue weighted by atomic mass is 79.9. The number of hydrogen-bond acceptors (Lipinski definition) is 3. The zero-order chi connectivity index (χ0) is 10.9. The van der Waals surface area contributed by atoms with Gasteiger partial charge in [-0.05, 0) is 15.9 Å². The van der Waals surface area contributed by atoms with E-state index in [0.717, 1.165) is 0 Å². The molecule has 76 valence electrons. The molecule has 0 saturated carbocycles. The minimum Gasteiger partial charge on any atom is -0.258 e. The van der Waals surface area contributed by atoms with Gasteiger partial charge in [0.05, 0.1) is 10.5 Å². The maximum atomic E-state index is 12.1. The molecule has 0 aliphatic carbocycles. The maximum Gasteiger partial charge on any atom is 0.418 e. The lowest BCUT2D eigenvalue weighted by Gasteiger charge is -2.05. The summed E-state index contributed by atoms with van der Waals surface area (Å²) in [4.78, 5) is 12.6. The van der Waals surface area contributed by atoms with E-state index in [2.05, 4.69) is 20.9 Å². The third-order valence-electron chi connectivity index (χ3n) is 1.34. The average Bonchev–Trinajstić information content (AvgIpc) is 2.02. The zero-order valence-corrected chi connectivity index (χ0v) is 7.96. The molecule has 8 heteroatoms. The molecular formula is C6H2BrF3N2O2. The molecule has 0 N–H and O–H groups in total. The molecule has 0 radical (unpaired) electrons. The van der Waals surface area contributed by atoms with Crippen molar-refractivity contribution in [2.45, 2.75) is 6.18 Å². The van der Waals surface area contributed by atoms with E-state index in [1.54, 1.807) is 0 Å². The Labute approximate surface area is 84.0 Å². The highest BCUT2D eigenvalue weighted by Crippen LogP contribution is 2.33. The fourth-order valence-corrected chi connectivity index (χ4v) is 1.08. The van der Waals surface area contributed by atoms with Crippen LogP contribution in [0.1, 0.15) is 5.56 Å². The Bertz CT molecular complexity index is 380. The first-order valence-corrected chi connectivity index (χ1v) is 3.99. The van der Waals surface area contributed by atoms with Gasteiger partial charge in [0.1, 0.15) is 0 Å². The van der Waals surface area contributed by atoms with E-state index < -0.39 is 22.4 Å². The van der Waals surface area contributed by atoms with Gasteiger partial charge < -0.3 is 0 Å². The predicted octanol–water partition coefficient (Wildman–Crippen LogP) is 2.77. The molecule has 0 aliphatic heterocycles. The molecule has 0 unspecified atom stereocenters. The molecule has 0 spiro atoms. The van der Waals surface area contributed by atoms with E-state index in [4.69, 9.17) is 0 Å². The summed E-state index contributed by atoms with van der Waals surface area (Å²) < 4.78 is 36.0. The van der Waals surface area contributed by atoms with Gasteiger partial charge in [-0.15, -0.1) is 0 Å². The Morgan fingerprint density at radius 3 is 2.50 bits per heavy atom. The first-order valence-electron chi connectivity index (χ1n) is 3.19. The largest absolute Gasteiger partial charge is 0.418 e. The molecule has 0 amide bonds. The minimum absolute atomic E-state index is 0.226. The second-order valence-corrected chi connectivity index (χ2v) is 3.04. The molecule has 0 aromatic carbocycles. The number of alkyl halides is 3. The van der Waals surface area contributed by atoms with Crippen molar-refractivity contribution in [1.82, 2.24) is 4.98 Å². The Hall–Kier alpha value is -1.18.